The number of hydrogen-bond donors (Lipinski definition) is 1. The molecule has 0 aliphatic rings. The lowest BCUT2D eigenvalue weighted by atomic mass is 10.1. The number of nitrogens with zero attached hydrogens (tertiary/aromatic N) is 1. The third-order valence-corrected chi connectivity index (χ3v) is 4.08. The molecule has 2 aromatic carbocycles. The van der Waals surface area contributed by atoms with Crippen molar-refractivity contribution in [2.75, 3.05) is 18.2 Å². The first-order chi connectivity index (χ1) is 10.2. The smallest absolute Gasteiger partial charge is 0.119 e. The highest BCUT2D eigenvalue weighted by Crippen LogP contribution is 2.31. The summed E-state index contributed by atoms with van der Waals surface area (Å²) in [6.07, 6.45) is 0. The highest BCUT2D eigenvalue weighted by atomic mass is 32.2. The molecule has 0 saturated carbocycles. The minimum atomic E-state index is 0.694. The number of methoxy groups -OCH3 is 1. The van der Waals surface area contributed by atoms with Crippen molar-refractivity contribution in [3.8, 4) is 11.8 Å². The van der Waals surface area contributed by atoms with Crippen molar-refractivity contribution < 1.29 is 4.74 Å². The predicted molar refractivity (Wildman–Crippen MR) is 88.6 cm³/mol. The molecule has 1 N–H and O–H groups in total. The average Bonchev–Trinajstić information content (AvgIpc) is 2.50. The minimum Gasteiger partial charge on any atom is -0.497 e. The highest BCUT2D eigenvalue weighted by Gasteiger charge is 2.09. The second kappa shape index (κ2) is 7.05. The van der Waals surface area contributed by atoms with Crippen LogP contribution in [0.5, 0.6) is 5.75 Å². The molecule has 0 spiro atoms. The molecule has 0 unspecified atom stereocenters. The molecule has 0 bridgehead atoms. The van der Waals surface area contributed by atoms with Gasteiger partial charge in [-0.05, 0) is 48.6 Å². The standard InChI is InChI=1S/C17H18N2OS/c1-4-21-17-7-5-6-16(14(17)11-18)19-15-9-8-13(20-3)10-12(15)2/h5-10,19H,4H2,1-3H3. The molecule has 2 rings (SSSR count). The molecule has 21 heavy (non-hydrogen) atoms. The van der Waals surface area contributed by atoms with Crippen LogP contribution >= 0.6 is 11.8 Å². The van der Waals surface area contributed by atoms with E-state index in [1.54, 1.807) is 18.9 Å². The van der Waals surface area contributed by atoms with Crippen LogP contribution in [0, 0.1) is 18.3 Å². The Labute approximate surface area is 129 Å². The van der Waals surface area contributed by atoms with Crippen LogP contribution in [-0.2, 0) is 0 Å². The van der Waals surface area contributed by atoms with E-state index in [-0.39, 0.29) is 0 Å². The van der Waals surface area contributed by atoms with Gasteiger partial charge in [-0.3, -0.25) is 0 Å². The molecular formula is C17H18N2OS. The fourth-order valence-corrected chi connectivity index (χ4v) is 2.86. The van der Waals surface area contributed by atoms with E-state index >= 15 is 0 Å². The van der Waals surface area contributed by atoms with E-state index < -0.39 is 0 Å². The molecule has 0 aliphatic carbocycles. The number of rotatable bonds is 5. The van der Waals surface area contributed by atoms with Crippen LogP contribution in [0.3, 0.4) is 0 Å². The second-order valence-electron chi connectivity index (χ2n) is 4.53. The first kappa shape index (κ1) is 15.3. The first-order valence-corrected chi connectivity index (χ1v) is 7.75. The number of aryl methyl sites for hydroxylation is 1. The molecular weight excluding hydrogens is 280 g/mol. The molecule has 0 aromatic heterocycles. The van der Waals surface area contributed by atoms with Crippen molar-refractivity contribution in [3.05, 3.63) is 47.5 Å². The van der Waals surface area contributed by atoms with Crippen molar-refractivity contribution in [1.82, 2.24) is 0 Å². The summed E-state index contributed by atoms with van der Waals surface area (Å²) >= 11 is 1.68. The largest absolute Gasteiger partial charge is 0.497 e. The van der Waals surface area contributed by atoms with Gasteiger partial charge in [0.2, 0.25) is 0 Å². The summed E-state index contributed by atoms with van der Waals surface area (Å²) in [5.74, 6) is 1.77. The van der Waals surface area contributed by atoms with Crippen molar-refractivity contribution in [2.45, 2.75) is 18.7 Å². The Morgan fingerprint density at radius 3 is 2.67 bits per heavy atom. The van der Waals surface area contributed by atoms with Crippen LogP contribution in [0.15, 0.2) is 41.3 Å². The van der Waals surface area contributed by atoms with Crippen LogP contribution < -0.4 is 10.1 Å². The lowest BCUT2D eigenvalue weighted by Crippen LogP contribution is -1.97. The number of nitrogens with one attached hydrogen (secondary N) is 1. The minimum absolute atomic E-state index is 0.694. The molecule has 3 nitrogen and oxygen atoms in total. The van der Waals surface area contributed by atoms with Gasteiger partial charge in [-0.1, -0.05) is 13.0 Å². The zero-order chi connectivity index (χ0) is 15.2. The van der Waals surface area contributed by atoms with Crippen LogP contribution in [0.4, 0.5) is 11.4 Å². The van der Waals surface area contributed by atoms with Gasteiger partial charge in [-0.25, -0.2) is 0 Å². The Hall–Kier alpha value is -2.12. The van der Waals surface area contributed by atoms with Gasteiger partial charge in [0, 0.05) is 10.6 Å². The predicted octanol–water partition coefficient (Wildman–Crippen LogP) is 4.73. The molecule has 0 aliphatic heterocycles. The number of hydrogen-bond acceptors (Lipinski definition) is 4. The fourth-order valence-electron chi connectivity index (χ4n) is 2.07. The molecule has 0 fully saturated rings. The maximum absolute atomic E-state index is 9.43. The second-order valence-corrected chi connectivity index (χ2v) is 5.84. The SMILES string of the molecule is CCSc1cccc(Nc2ccc(OC)cc2C)c1C#N. The van der Waals surface area contributed by atoms with E-state index in [2.05, 4.69) is 18.3 Å². The van der Waals surface area contributed by atoms with E-state index in [0.717, 1.165) is 33.3 Å². The average molecular weight is 298 g/mol. The Morgan fingerprint density at radius 1 is 1.24 bits per heavy atom. The highest BCUT2D eigenvalue weighted by molar-refractivity contribution is 7.99. The summed E-state index contributed by atoms with van der Waals surface area (Å²) in [7, 11) is 1.65. The summed E-state index contributed by atoms with van der Waals surface area (Å²) in [5, 5.41) is 12.8. The van der Waals surface area contributed by atoms with Crippen molar-refractivity contribution >= 4 is 23.1 Å². The van der Waals surface area contributed by atoms with Crippen molar-refractivity contribution in [1.29, 1.82) is 5.26 Å². The zero-order valence-electron chi connectivity index (χ0n) is 12.4. The van der Waals surface area contributed by atoms with Crippen LogP contribution in [-0.4, -0.2) is 12.9 Å². The van der Waals surface area contributed by atoms with Crippen LogP contribution in [0.25, 0.3) is 0 Å². The Kier molecular flexibility index (Phi) is 5.13. The van der Waals surface area contributed by atoms with Gasteiger partial charge in [0.1, 0.15) is 11.8 Å². The van der Waals surface area contributed by atoms with Gasteiger partial charge in [-0.15, -0.1) is 11.8 Å². The number of anilines is 2. The zero-order valence-corrected chi connectivity index (χ0v) is 13.3. The molecule has 0 amide bonds. The maximum Gasteiger partial charge on any atom is 0.119 e. The van der Waals surface area contributed by atoms with Crippen molar-refractivity contribution in [2.24, 2.45) is 0 Å². The van der Waals surface area contributed by atoms with Gasteiger partial charge in [0.05, 0.1) is 18.4 Å². The Bertz CT molecular complexity index is 677. The maximum atomic E-state index is 9.43. The van der Waals surface area contributed by atoms with E-state index in [1.165, 1.54) is 0 Å². The summed E-state index contributed by atoms with van der Waals surface area (Å²) < 4.78 is 5.21. The molecule has 2 aromatic rings. The van der Waals surface area contributed by atoms with Gasteiger partial charge >= 0.3 is 0 Å². The van der Waals surface area contributed by atoms with Gasteiger partial charge in [0.25, 0.3) is 0 Å². The monoisotopic (exact) mass is 298 g/mol. The van der Waals surface area contributed by atoms with Gasteiger partial charge in [-0.2, -0.15) is 5.26 Å². The Morgan fingerprint density at radius 2 is 2.05 bits per heavy atom. The molecule has 0 saturated heterocycles. The lowest BCUT2D eigenvalue weighted by molar-refractivity contribution is 0.414. The number of thioether (sulfide) groups is 1. The summed E-state index contributed by atoms with van der Waals surface area (Å²) in [5.41, 5.74) is 3.58. The summed E-state index contributed by atoms with van der Waals surface area (Å²) in [6.45, 7) is 4.10. The third kappa shape index (κ3) is 3.50. The number of ether oxygens (including phenoxy) is 1. The van der Waals surface area contributed by atoms with Crippen molar-refractivity contribution in [3.63, 3.8) is 0 Å². The molecule has 108 valence electrons. The van der Waals surface area contributed by atoms with Crippen LogP contribution in [0.2, 0.25) is 0 Å². The Balaban J connectivity index is 2.36. The number of benzene rings is 2. The number of nitriles is 1. The molecule has 0 heterocycles. The van der Waals surface area contributed by atoms with Gasteiger partial charge in [0.15, 0.2) is 0 Å². The normalized spacial score (nSPS) is 10.0. The molecule has 0 radical (unpaired) electrons. The molecule has 4 heteroatoms. The summed E-state index contributed by atoms with van der Waals surface area (Å²) in [6, 6.07) is 14.0. The van der Waals surface area contributed by atoms with E-state index in [1.807, 2.05) is 43.3 Å². The van der Waals surface area contributed by atoms with E-state index in [4.69, 9.17) is 4.74 Å². The van der Waals surface area contributed by atoms with Gasteiger partial charge < -0.3 is 10.1 Å². The third-order valence-electron chi connectivity index (χ3n) is 3.14. The molecule has 0 atom stereocenters. The topological polar surface area (TPSA) is 45.0 Å². The quantitative estimate of drug-likeness (QED) is 0.810. The van der Waals surface area contributed by atoms with Crippen LogP contribution in [0.1, 0.15) is 18.1 Å². The lowest BCUT2D eigenvalue weighted by Gasteiger charge is -2.13. The summed E-state index contributed by atoms with van der Waals surface area (Å²) in [4.78, 5) is 1.01. The van der Waals surface area contributed by atoms with E-state index in [0.29, 0.717) is 5.56 Å². The fraction of sp³-hybridized carbons (Fsp3) is 0.235. The first-order valence-electron chi connectivity index (χ1n) is 6.77. The van der Waals surface area contributed by atoms with E-state index in [9.17, 15) is 5.26 Å².